The van der Waals surface area contributed by atoms with E-state index in [4.69, 9.17) is 5.73 Å². The van der Waals surface area contributed by atoms with Crippen LogP contribution < -0.4 is 14.1 Å². The summed E-state index contributed by atoms with van der Waals surface area (Å²) >= 11 is 0. The van der Waals surface area contributed by atoms with Crippen molar-refractivity contribution in [3.05, 3.63) is 17.7 Å². The van der Waals surface area contributed by atoms with E-state index in [1.54, 1.807) is 0 Å². The van der Waals surface area contributed by atoms with Crippen LogP contribution in [0.4, 0.5) is 5.69 Å². The zero-order chi connectivity index (χ0) is 11.2. The van der Waals surface area contributed by atoms with Crippen LogP contribution in [0.1, 0.15) is 18.6 Å². The second-order valence-electron chi connectivity index (χ2n) is 3.15. The van der Waals surface area contributed by atoms with Crippen LogP contribution in [0.5, 0.6) is 11.5 Å². The molecule has 1 unspecified atom stereocenters. The van der Waals surface area contributed by atoms with E-state index in [1.807, 2.05) is 0 Å². The molecule has 3 N–H and O–H groups in total. The predicted octanol–water partition coefficient (Wildman–Crippen LogP) is 0.338. The van der Waals surface area contributed by atoms with E-state index in [9.17, 15) is 13.5 Å². The third-order valence-corrected chi connectivity index (χ3v) is 2.74. The predicted molar refractivity (Wildman–Crippen MR) is 51.7 cm³/mol. The second-order valence-corrected chi connectivity index (χ2v) is 4.30. The molecule has 1 aromatic carbocycles. The maximum Gasteiger partial charge on any atom is 0.501 e. The monoisotopic (exact) mass is 231 g/mol. The molecule has 1 aromatic rings. The molecular weight excluding hydrogens is 222 g/mol. The first-order valence-corrected chi connectivity index (χ1v) is 5.48. The molecular formula is C8H9NO5S. The van der Waals surface area contributed by atoms with Gasteiger partial charge >= 0.3 is 10.4 Å². The Morgan fingerprint density at radius 1 is 1.33 bits per heavy atom. The maximum absolute atomic E-state index is 11.0. The summed E-state index contributed by atoms with van der Waals surface area (Å²) < 4.78 is 31.2. The summed E-state index contributed by atoms with van der Waals surface area (Å²) in [5.74, 6) is -0.0987. The normalized spacial score (nSPS) is 18.8. The Kier molecular flexibility index (Phi) is 2.02. The number of nitrogen functional groups attached to an aromatic ring is 1. The number of hydrogen-bond acceptors (Lipinski definition) is 6. The Bertz CT molecular complexity index is 508. The summed E-state index contributed by atoms with van der Waals surface area (Å²) in [6.45, 7) is 1.49. The Hall–Kier alpha value is -1.47. The van der Waals surface area contributed by atoms with Crippen molar-refractivity contribution >= 4 is 16.1 Å². The molecule has 0 saturated carbocycles. The number of anilines is 1. The van der Waals surface area contributed by atoms with Gasteiger partial charge in [0.1, 0.15) is 0 Å². The molecule has 1 atom stereocenters. The number of hydrogen-bond donors (Lipinski definition) is 2. The van der Waals surface area contributed by atoms with Gasteiger partial charge in [0.15, 0.2) is 5.75 Å². The number of aliphatic hydroxyl groups is 1. The topological polar surface area (TPSA) is 98.9 Å². The Labute approximate surface area is 86.6 Å². The fourth-order valence-electron chi connectivity index (χ4n) is 1.32. The van der Waals surface area contributed by atoms with Gasteiger partial charge in [-0.15, -0.1) is 8.42 Å². The van der Waals surface area contributed by atoms with Gasteiger partial charge in [-0.1, -0.05) is 6.07 Å². The van der Waals surface area contributed by atoms with Gasteiger partial charge in [-0.3, -0.25) is 0 Å². The standard InChI is InChI=1S/C8H9NO5S/c1-4(10)5-2-3-6(9)8-7(5)13-15(11,12)14-8/h2-4,10H,9H2,1H3. The van der Waals surface area contributed by atoms with Gasteiger partial charge < -0.3 is 19.2 Å². The first kappa shape index (κ1) is 10.1. The molecule has 7 heteroatoms. The smallest absolute Gasteiger partial charge is 0.396 e. The molecule has 6 nitrogen and oxygen atoms in total. The molecule has 0 fully saturated rings. The fourth-order valence-corrected chi connectivity index (χ4v) is 2.10. The molecule has 0 radical (unpaired) electrons. The minimum absolute atomic E-state index is 0.0370. The van der Waals surface area contributed by atoms with Gasteiger partial charge in [-0.2, -0.15) is 0 Å². The quantitative estimate of drug-likeness (QED) is 0.676. The molecule has 0 bridgehead atoms. The SMILES string of the molecule is CC(O)c1ccc(N)c2c1OS(=O)(=O)O2. The first-order chi connectivity index (χ1) is 6.91. The van der Waals surface area contributed by atoms with E-state index in [0.29, 0.717) is 5.56 Å². The minimum atomic E-state index is -4.08. The van der Waals surface area contributed by atoms with Crippen LogP contribution in [0.3, 0.4) is 0 Å². The van der Waals surface area contributed by atoms with Gasteiger partial charge in [0, 0.05) is 5.56 Å². The highest BCUT2D eigenvalue weighted by Gasteiger charge is 2.33. The van der Waals surface area contributed by atoms with E-state index in [1.165, 1.54) is 19.1 Å². The van der Waals surface area contributed by atoms with Crippen LogP contribution in [0.15, 0.2) is 12.1 Å². The third kappa shape index (κ3) is 1.59. The molecule has 2 rings (SSSR count). The van der Waals surface area contributed by atoms with Gasteiger partial charge in [-0.05, 0) is 13.0 Å². The number of aliphatic hydroxyl groups excluding tert-OH is 1. The van der Waals surface area contributed by atoms with Crippen molar-refractivity contribution in [3.63, 3.8) is 0 Å². The Morgan fingerprint density at radius 3 is 2.53 bits per heavy atom. The van der Waals surface area contributed by atoms with Crippen LogP contribution in [0.2, 0.25) is 0 Å². The third-order valence-electron chi connectivity index (χ3n) is 1.99. The minimum Gasteiger partial charge on any atom is -0.396 e. The zero-order valence-electron chi connectivity index (χ0n) is 7.80. The van der Waals surface area contributed by atoms with Crippen molar-refractivity contribution in [1.82, 2.24) is 0 Å². The summed E-state index contributed by atoms with van der Waals surface area (Å²) in [7, 11) is -4.08. The van der Waals surface area contributed by atoms with Gasteiger partial charge in [0.05, 0.1) is 11.8 Å². The van der Waals surface area contributed by atoms with Crippen LogP contribution in [0, 0.1) is 0 Å². The molecule has 1 aliphatic heterocycles. The van der Waals surface area contributed by atoms with Crippen molar-refractivity contribution < 1.29 is 21.9 Å². The lowest BCUT2D eigenvalue weighted by atomic mass is 10.1. The van der Waals surface area contributed by atoms with Crippen molar-refractivity contribution in [1.29, 1.82) is 0 Å². The molecule has 0 aliphatic carbocycles. The van der Waals surface area contributed by atoms with Crippen molar-refractivity contribution in [2.24, 2.45) is 0 Å². The van der Waals surface area contributed by atoms with E-state index in [2.05, 4.69) is 8.37 Å². The van der Waals surface area contributed by atoms with Crippen LogP contribution in [-0.2, 0) is 10.4 Å². The van der Waals surface area contributed by atoms with Crippen LogP contribution >= 0.6 is 0 Å². The highest BCUT2D eigenvalue weighted by Crippen LogP contribution is 2.45. The highest BCUT2D eigenvalue weighted by molar-refractivity contribution is 7.82. The summed E-state index contributed by atoms with van der Waals surface area (Å²) in [4.78, 5) is 0. The first-order valence-electron chi connectivity index (χ1n) is 4.15. The number of fused-ring (bicyclic) bond motifs is 1. The molecule has 1 heterocycles. The lowest BCUT2D eigenvalue weighted by Gasteiger charge is -2.07. The Balaban J connectivity index is 2.65. The summed E-state index contributed by atoms with van der Waals surface area (Å²) in [6.07, 6.45) is -0.865. The van der Waals surface area contributed by atoms with Crippen molar-refractivity contribution in [2.45, 2.75) is 13.0 Å². The lowest BCUT2D eigenvalue weighted by molar-refractivity contribution is 0.197. The van der Waals surface area contributed by atoms with Crippen LogP contribution in [-0.4, -0.2) is 13.5 Å². The molecule has 0 aromatic heterocycles. The van der Waals surface area contributed by atoms with Crippen LogP contribution in [0.25, 0.3) is 0 Å². The maximum atomic E-state index is 11.0. The average Bonchev–Trinajstić information content (AvgIpc) is 2.41. The highest BCUT2D eigenvalue weighted by atomic mass is 32.3. The second kappa shape index (κ2) is 3.01. The average molecular weight is 231 g/mol. The summed E-state index contributed by atoms with van der Waals surface area (Å²) in [5, 5.41) is 9.38. The van der Waals surface area contributed by atoms with E-state index in [0.717, 1.165) is 0 Å². The molecule has 82 valence electrons. The molecule has 1 aliphatic rings. The van der Waals surface area contributed by atoms with Gasteiger partial charge in [-0.25, -0.2) is 0 Å². The lowest BCUT2D eigenvalue weighted by Crippen LogP contribution is -2.08. The number of nitrogens with two attached hydrogens (primary N) is 1. The van der Waals surface area contributed by atoms with E-state index in [-0.39, 0.29) is 17.2 Å². The number of benzene rings is 1. The van der Waals surface area contributed by atoms with Crippen molar-refractivity contribution in [3.8, 4) is 11.5 Å². The molecule has 15 heavy (non-hydrogen) atoms. The zero-order valence-corrected chi connectivity index (χ0v) is 8.61. The largest absolute Gasteiger partial charge is 0.501 e. The fraction of sp³-hybridized carbons (Fsp3) is 0.250. The van der Waals surface area contributed by atoms with Gasteiger partial charge in [0.2, 0.25) is 5.75 Å². The van der Waals surface area contributed by atoms with Gasteiger partial charge in [0.25, 0.3) is 0 Å². The Morgan fingerprint density at radius 2 is 1.93 bits per heavy atom. The molecule has 0 saturated heterocycles. The summed E-state index contributed by atoms with van der Waals surface area (Å²) in [5.41, 5.74) is 5.98. The van der Waals surface area contributed by atoms with E-state index < -0.39 is 16.5 Å². The molecule has 0 spiro atoms. The summed E-state index contributed by atoms with van der Waals surface area (Å²) in [6, 6.07) is 2.94. The number of rotatable bonds is 1. The van der Waals surface area contributed by atoms with Crippen molar-refractivity contribution in [2.75, 3.05) is 5.73 Å². The molecule has 0 amide bonds. The van der Waals surface area contributed by atoms with E-state index >= 15 is 0 Å².